The summed E-state index contributed by atoms with van der Waals surface area (Å²) in [5.74, 6) is 0.298. The Hall–Kier alpha value is -9.22. The highest BCUT2D eigenvalue weighted by molar-refractivity contribution is 5.99. The largest absolute Gasteiger partial charge is 0.481 e. The number of ether oxygens (including phenoxy) is 5. The third-order valence-electron chi connectivity index (χ3n) is 19.8. The van der Waals surface area contributed by atoms with Gasteiger partial charge in [0.2, 0.25) is 5.91 Å². The van der Waals surface area contributed by atoms with Crippen LogP contribution in [-0.2, 0) is 47.7 Å². The Labute approximate surface area is 696 Å². The number of Topliss-reactive ketones (excluding diaryl/α,β-unsaturated/α-hetero) is 3. The van der Waals surface area contributed by atoms with Gasteiger partial charge < -0.3 is 58.4 Å². The van der Waals surface area contributed by atoms with E-state index in [1.165, 1.54) is 17.3 Å². The SMILES string of the molecule is CC(CCC(=O)NO)CC(C)C(=O)c1ccc(N(C)C)cc1.CC(CCC(=O)O)CC(C)C(=O)c1ccc(N(C)C)cc1.CCOC(=O)/C=C/C(C)=C/C(C)C(OC)c1ccc(N(C)C)cc1.CCOC(=O)CCC(C)CC(C)C(=O)c1ccc(N(C)C)cc1.CCOC(=O)CCC(C)CC(C)C(OC)c1ccc(N(C)C)cc1.CO. The van der Waals surface area contributed by atoms with Gasteiger partial charge in [0, 0.05) is 192 Å². The first kappa shape index (κ1) is 107. The lowest BCUT2D eigenvalue weighted by atomic mass is 9.87. The number of aliphatic hydroxyl groups is 1. The lowest BCUT2D eigenvalue weighted by molar-refractivity contribution is -0.144. The molecule has 5 rings (SSSR count). The molecule has 648 valence electrons. The number of carbonyl (C=O) groups is 8. The Kier molecular flexibility index (Phi) is 54.7. The molecule has 22 heteroatoms. The first-order valence-electron chi connectivity index (χ1n) is 40.8. The maximum Gasteiger partial charge on any atom is 0.330 e. The second-order valence-electron chi connectivity index (χ2n) is 31.3. The standard InChI is InChI=1S/C20H33NO3.C20H29NO3.C19H29NO3.C17H26N2O3.C17H25NO3.CH4O/c2*1-7-24-19(22)13-8-15(2)14-16(3)20(23-6)17-9-11-18(12-10-17)21(4)5;1-6-23-18(21)12-7-14(2)13-15(3)19(22)16-8-10-17(11-9-16)20(4)5;1-12(5-10-16(20)18-22)11-13(2)17(21)14-6-8-15(9-7-14)19(3)4;1-12(5-10-16(19)20)11-13(2)17(21)14-6-8-15(9-7-14)18(3)4;1-2/h9-12,15-16,20H,7-8,13-14H2,1-6H3;8-14,16,20H,7H2,1-6H3;8-11,14-15H,6-7,12-13H2,1-5H3;6-9,12-13,22H,5,10-11H2,1-4H3,(H,18,20);6-9,12-13H,5,10-11H2,1-4H3,(H,19,20);2H,1H3/b;13-8+,15-14+;;;;. The van der Waals surface area contributed by atoms with Crippen molar-refractivity contribution in [3.63, 3.8) is 0 Å². The van der Waals surface area contributed by atoms with E-state index in [-0.39, 0.29) is 102 Å². The number of hydrogen-bond donors (Lipinski definition) is 4. The van der Waals surface area contributed by atoms with Crippen molar-refractivity contribution in [3.8, 4) is 0 Å². The Morgan fingerprint density at radius 2 is 0.681 bits per heavy atom. The molecule has 0 aliphatic heterocycles. The summed E-state index contributed by atoms with van der Waals surface area (Å²) in [6.45, 7) is 27.1. The topological polar surface area (TPSA) is 272 Å². The molecule has 0 bridgehead atoms. The molecule has 0 aliphatic rings. The van der Waals surface area contributed by atoms with E-state index in [1.54, 1.807) is 32.7 Å². The van der Waals surface area contributed by atoms with Crippen LogP contribution in [-0.4, -0.2) is 174 Å². The van der Waals surface area contributed by atoms with E-state index in [2.05, 4.69) is 92.1 Å². The minimum Gasteiger partial charge on any atom is -0.481 e. The Morgan fingerprint density at radius 3 is 0.966 bits per heavy atom. The van der Waals surface area contributed by atoms with E-state index in [4.69, 9.17) is 39.1 Å². The highest BCUT2D eigenvalue weighted by atomic mass is 16.5. The summed E-state index contributed by atoms with van der Waals surface area (Å²) in [5.41, 5.74) is 12.7. The number of amides is 1. The van der Waals surface area contributed by atoms with Crippen LogP contribution in [0.3, 0.4) is 0 Å². The number of allylic oxidation sites excluding steroid dienone is 2. The summed E-state index contributed by atoms with van der Waals surface area (Å²) in [7, 11) is 24.4. The van der Waals surface area contributed by atoms with Crippen LogP contribution in [0, 0.1) is 53.3 Å². The molecule has 1 amide bonds. The van der Waals surface area contributed by atoms with Gasteiger partial charge in [-0.3, -0.25) is 38.8 Å². The number of aliphatic carboxylic acids is 1. The zero-order chi connectivity index (χ0) is 88.3. The lowest BCUT2D eigenvalue weighted by Gasteiger charge is -2.26. The third kappa shape index (κ3) is 43.7. The number of carboxylic acids is 1. The summed E-state index contributed by atoms with van der Waals surface area (Å²) < 4.78 is 26.3. The molecular formula is C94H146N6O16. The number of hydrogen-bond acceptors (Lipinski definition) is 20. The number of rotatable bonds is 43. The van der Waals surface area contributed by atoms with Crippen molar-refractivity contribution in [1.82, 2.24) is 5.48 Å². The molecule has 11 unspecified atom stereocenters. The van der Waals surface area contributed by atoms with Crippen LogP contribution in [0.2, 0.25) is 0 Å². The molecule has 0 saturated carbocycles. The van der Waals surface area contributed by atoms with Crippen LogP contribution in [0.15, 0.2) is 145 Å². The van der Waals surface area contributed by atoms with Gasteiger partial charge in [-0.05, 0) is 217 Å². The molecule has 0 aromatic heterocycles. The predicted molar refractivity (Wildman–Crippen MR) is 473 cm³/mol. The fourth-order valence-corrected chi connectivity index (χ4v) is 13.2. The zero-order valence-corrected chi connectivity index (χ0v) is 75.1. The number of nitrogens with zero attached hydrogens (tertiary/aromatic N) is 5. The number of hydroxylamine groups is 1. The number of benzene rings is 5. The van der Waals surface area contributed by atoms with Gasteiger partial charge in [0.15, 0.2) is 17.3 Å². The van der Waals surface area contributed by atoms with Gasteiger partial charge in [-0.15, -0.1) is 0 Å². The van der Waals surface area contributed by atoms with Crippen molar-refractivity contribution >= 4 is 75.6 Å². The maximum absolute atomic E-state index is 12.5. The van der Waals surface area contributed by atoms with Crippen molar-refractivity contribution in [3.05, 3.63) is 173 Å². The maximum atomic E-state index is 12.5. The summed E-state index contributed by atoms with van der Waals surface area (Å²) in [6, 6.07) is 39.8. The first-order chi connectivity index (χ1) is 54.8. The highest BCUT2D eigenvalue weighted by Gasteiger charge is 2.25. The van der Waals surface area contributed by atoms with Crippen LogP contribution in [0.25, 0.3) is 0 Å². The molecular weight excluding hydrogens is 1470 g/mol. The zero-order valence-electron chi connectivity index (χ0n) is 75.1. The van der Waals surface area contributed by atoms with E-state index in [0.717, 1.165) is 96.2 Å². The molecule has 11 atom stereocenters. The van der Waals surface area contributed by atoms with Gasteiger partial charge in [-0.25, -0.2) is 10.3 Å². The van der Waals surface area contributed by atoms with Gasteiger partial charge in [-0.2, -0.15) is 0 Å². The second kappa shape index (κ2) is 59.4. The van der Waals surface area contributed by atoms with Crippen molar-refractivity contribution < 1.29 is 77.5 Å². The number of esters is 3. The van der Waals surface area contributed by atoms with Crippen LogP contribution < -0.4 is 30.0 Å². The molecule has 22 nitrogen and oxygen atoms in total. The van der Waals surface area contributed by atoms with Crippen molar-refractivity contribution in [2.24, 2.45) is 53.3 Å². The molecule has 0 radical (unpaired) electrons. The average Bonchev–Trinajstić information content (AvgIpc) is 0.867. The van der Waals surface area contributed by atoms with Crippen molar-refractivity contribution in [1.29, 1.82) is 0 Å². The fraction of sp³-hybridized carbons (Fsp3) is 0.553. The van der Waals surface area contributed by atoms with Gasteiger partial charge in [-0.1, -0.05) is 104 Å². The van der Waals surface area contributed by atoms with E-state index >= 15 is 0 Å². The summed E-state index contributed by atoms with van der Waals surface area (Å²) >= 11 is 0. The predicted octanol–water partition coefficient (Wildman–Crippen LogP) is 18.5. The van der Waals surface area contributed by atoms with Gasteiger partial charge in [0.05, 0.1) is 32.0 Å². The molecule has 0 fully saturated rings. The van der Waals surface area contributed by atoms with Crippen LogP contribution in [0.5, 0.6) is 0 Å². The second-order valence-corrected chi connectivity index (χ2v) is 31.3. The number of nitrogens with one attached hydrogen (secondary N) is 1. The molecule has 0 heterocycles. The minimum atomic E-state index is -0.778. The van der Waals surface area contributed by atoms with Crippen LogP contribution in [0.4, 0.5) is 28.4 Å². The van der Waals surface area contributed by atoms with Crippen LogP contribution in [0.1, 0.15) is 221 Å². The number of ketones is 3. The average molecular weight is 1620 g/mol. The Morgan fingerprint density at radius 1 is 0.397 bits per heavy atom. The molecule has 116 heavy (non-hydrogen) atoms. The number of anilines is 5. The summed E-state index contributed by atoms with van der Waals surface area (Å²) in [4.78, 5) is 103. The number of methoxy groups -OCH3 is 2. The van der Waals surface area contributed by atoms with E-state index in [9.17, 15) is 38.4 Å². The third-order valence-corrected chi connectivity index (χ3v) is 19.8. The smallest absolute Gasteiger partial charge is 0.330 e. The molecule has 5 aromatic rings. The normalized spacial score (nSPS) is 13.7. The Bertz CT molecular complexity index is 3650. The molecule has 5 aromatic carbocycles. The van der Waals surface area contributed by atoms with Gasteiger partial charge in [0.1, 0.15) is 0 Å². The van der Waals surface area contributed by atoms with Crippen molar-refractivity contribution in [2.45, 2.75) is 179 Å². The van der Waals surface area contributed by atoms with Gasteiger partial charge >= 0.3 is 23.9 Å². The van der Waals surface area contributed by atoms with E-state index < -0.39 is 5.97 Å². The molecule has 0 aliphatic carbocycles. The number of aliphatic hydroxyl groups excluding tert-OH is 1. The monoisotopic (exact) mass is 1620 g/mol. The van der Waals surface area contributed by atoms with E-state index in [1.807, 2.05) is 213 Å². The molecule has 4 N–H and O–H groups in total. The first-order valence-corrected chi connectivity index (χ1v) is 40.8. The van der Waals surface area contributed by atoms with Crippen LogP contribution >= 0.6 is 0 Å². The summed E-state index contributed by atoms with van der Waals surface area (Å²) in [5, 5.41) is 24.2. The highest BCUT2D eigenvalue weighted by Crippen LogP contribution is 2.34. The molecule has 0 spiro atoms. The van der Waals surface area contributed by atoms with Crippen molar-refractivity contribution in [2.75, 3.05) is 136 Å². The molecule has 0 saturated heterocycles. The van der Waals surface area contributed by atoms with E-state index in [0.29, 0.717) is 63.3 Å². The lowest BCUT2D eigenvalue weighted by Crippen LogP contribution is -2.20. The van der Waals surface area contributed by atoms with Gasteiger partial charge in [0.25, 0.3) is 0 Å². The fourth-order valence-electron chi connectivity index (χ4n) is 13.2. The quantitative estimate of drug-likeness (QED) is 0.00537. The number of carbonyl (C=O) groups excluding carboxylic acids is 7. The summed E-state index contributed by atoms with van der Waals surface area (Å²) in [6.07, 6.45) is 12.9. The number of carboxylic acid groups (broad SMARTS) is 1. The minimum absolute atomic E-state index is 0.0350. The Balaban J connectivity index is 0.00000142.